The van der Waals surface area contributed by atoms with Gasteiger partial charge in [-0.05, 0) is 19.4 Å². The fraction of sp³-hybridized carbons (Fsp3) is 0.467. The van der Waals surface area contributed by atoms with E-state index < -0.39 is 0 Å². The Kier molecular flexibility index (Phi) is 5.44. The largest absolute Gasteiger partial charge is 0.378 e. The van der Waals surface area contributed by atoms with Crippen molar-refractivity contribution < 1.29 is 0 Å². The molecule has 21 heavy (non-hydrogen) atoms. The van der Waals surface area contributed by atoms with Gasteiger partial charge in [-0.3, -0.25) is 4.79 Å². The number of nitrogens with one attached hydrogen (secondary N) is 2. The Balaban J connectivity index is 2.02. The summed E-state index contributed by atoms with van der Waals surface area (Å²) in [5, 5.41) is 3.77. The molecule has 0 fully saturated rings. The lowest BCUT2D eigenvalue weighted by molar-refractivity contribution is 0.727. The molecule has 5 nitrogen and oxygen atoms in total. The minimum atomic E-state index is 0.00414. The molecular formula is C15H21ClN4O. The van der Waals surface area contributed by atoms with Crippen molar-refractivity contribution in [2.75, 3.05) is 5.32 Å². The zero-order chi connectivity index (χ0) is 15.2. The number of rotatable bonds is 7. The summed E-state index contributed by atoms with van der Waals surface area (Å²) in [7, 11) is 0. The van der Waals surface area contributed by atoms with Gasteiger partial charge in [0.05, 0.1) is 17.9 Å². The fourth-order valence-corrected chi connectivity index (χ4v) is 2.31. The molecule has 2 heterocycles. The van der Waals surface area contributed by atoms with Gasteiger partial charge in [0.15, 0.2) is 5.15 Å². The van der Waals surface area contributed by atoms with E-state index in [-0.39, 0.29) is 5.56 Å². The van der Waals surface area contributed by atoms with Crippen LogP contribution in [-0.2, 0) is 19.5 Å². The molecule has 0 radical (unpaired) electrons. The first-order valence-electron chi connectivity index (χ1n) is 7.31. The SMILES string of the molecule is CCCCc1nc(Cl)c(CNc2ccc(=O)n(CC)c2)[nH]1. The second-order valence-electron chi connectivity index (χ2n) is 4.95. The van der Waals surface area contributed by atoms with Gasteiger partial charge >= 0.3 is 0 Å². The van der Waals surface area contributed by atoms with Crippen LogP contribution in [0.2, 0.25) is 5.15 Å². The number of halogens is 1. The number of imidazole rings is 1. The average molecular weight is 309 g/mol. The van der Waals surface area contributed by atoms with Gasteiger partial charge in [-0.15, -0.1) is 0 Å². The highest BCUT2D eigenvalue weighted by Gasteiger charge is 2.08. The normalized spacial score (nSPS) is 10.8. The molecule has 2 aromatic rings. The summed E-state index contributed by atoms with van der Waals surface area (Å²) in [4.78, 5) is 19.1. The van der Waals surface area contributed by atoms with Crippen molar-refractivity contribution in [3.63, 3.8) is 0 Å². The van der Waals surface area contributed by atoms with Gasteiger partial charge in [0.2, 0.25) is 0 Å². The predicted molar refractivity (Wildman–Crippen MR) is 85.9 cm³/mol. The number of nitrogens with zero attached hydrogens (tertiary/aromatic N) is 2. The maximum atomic E-state index is 11.5. The van der Waals surface area contributed by atoms with Crippen molar-refractivity contribution >= 4 is 17.3 Å². The number of aromatic nitrogens is 3. The van der Waals surface area contributed by atoms with Gasteiger partial charge in [-0.25, -0.2) is 4.98 Å². The van der Waals surface area contributed by atoms with Crippen LogP contribution in [-0.4, -0.2) is 14.5 Å². The van der Waals surface area contributed by atoms with Gasteiger partial charge in [-0.2, -0.15) is 0 Å². The number of pyridine rings is 1. The van der Waals surface area contributed by atoms with Crippen molar-refractivity contribution in [2.45, 2.75) is 46.2 Å². The number of H-pyrrole nitrogens is 1. The molecule has 114 valence electrons. The Bertz CT molecular complexity index is 647. The van der Waals surface area contributed by atoms with Crippen LogP contribution in [0.4, 0.5) is 5.69 Å². The molecular weight excluding hydrogens is 288 g/mol. The molecule has 0 aliphatic rings. The number of anilines is 1. The summed E-state index contributed by atoms with van der Waals surface area (Å²) in [5.41, 5.74) is 1.76. The van der Waals surface area contributed by atoms with Crippen molar-refractivity contribution in [3.05, 3.63) is 45.4 Å². The van der Waals surface area contributed by atoms with Crippen LogP contribution in [0.1, 0.15) is 38.2 Å². The fourth-order valence-electron chi connectivity index (χ4n) is 2.09. The van der Waals surface area contributed by atoms with Crippen molar-refractivity contribution in [3.8, 4) is 0 Å². The monoisotopic (exact) mass is 308 g/mol. The lowest BCUT2D eigenvalue weighted by atomic mass is 10.2. The number of aromatic amines is 1. The summed E-state index contributed by atoms with van der Waals surface area (Å²) in [6.07, 6.45) is 4.95. The molecule has 0 atom stereocenters. The maximum Gasteiger partial charge on any atom is 0.250 e. The minimum Gasteiger partial charge on any atom is -0.378 e. The maximum absolute atomic E-state index is 11.5. The highest BCUT2D eigenvalue weighted by molar-refractivity contribution is 6.30. The van der Waals surface area contributed by atoms with Crippen LogP contribution in [0.15, 0.2) is 23.1 Å². The highest BCUT2D eigenvalue weighted by Crippen LogP contribution is 2.16. The van der Waals surface area contributed by atoms with E-state index in [1.54, 1.807) is 16.7 Å². The lowest BCUT2D eigenvalue weighted by Gasteiger charge is -2.08. The van der Waals surface area contributed by atoms with Crippen molar-refractivity contribution in [1.82, 2.24) is 14.5 Å². The highest BCUT2D eigenvalue weighted by atomic mass is 35.5. The molecule has 0 aliphatic carbocycles. The topological polar surface area (TPSA) is 62.7 Å². The van der Waals surface area contributed by atoms with E-state index >= 15 is 0 Å². The average Bonchev–Trinajstić information content (AvgIpc) is 2.84. The van der Waals surface area contributed by atoms with Crippen LogP contribution in [0.3, 0.4) is 0 Å². The third-order valence-electron chi connectivity index (χ3n) is 3.34. The van der Waals surface area contributed by atoms with Crippen LogP contribution in [0.25, 0.3) is 0 Å². The third kappa shape index (κ3) is 4.11. The Morgan fingerprint density at radius 1 is 1.38 bits per heavy atom. The van der Waals surface area contributed by atoms with E-state index in [0.717, 1.165) is 36.5 Å². The summed E-state index contributed by atoms with van der Waals surface area (Å²) >= 11 is 6.14. The van der Waals surface area contributed by atoms with Gasteiger partial charge in [0, 0.05) is 25.2 Å². The quantitative estimate of drug-likeness (QED) is 0.825. The van der Waals surface area contributed by atoms with E-state index in [1.165, 1.54) is 0 Å². The van der Waals surface area contributed by atoms with Gasteiger partial charge in [-0.1, -0.05) is 24.9 Å². The Labute approximate surface area is 129 Å². The molecule has 0 amide bonds. The Hall–Kier alpha value is -1.75. The van der Waals surface area contributed by atoms with Gasteiger partial charge in [0.1, 0.15) is 5.82 Å². The smallest absolute Gasteiger partial charge is 0.250 e. The first-order valence-corrected chi connectivity index (χ1v) is 7.69. The van der Waals surface area contributed by atoms with Gasteiger partial charge in [0.25, 0.3) is 5.56 Å². The standard InChI is InChI=1S/C15H21ClN4O/c1-3-5-6-13-18-12(15(16)19-13)9-17-11-7-8-14(21)20(4-2)10-11/h7-8,10,17H,3-6,9H2,1-2H3,(H,18,19). The molecule has 0 spiro atoms. The van der Waals surface area contributed by atoms with Gasteiger partial charge < -0.3 is 14.9 Å². The van der Waals surface area contributed by atoms with E-state index in [1.807, 2.05) is 13.1 Å². The number of unbranched alkanes of at least 4 members (excludes halogenated alkanes) is 1. The van der Waals surface area contributed by atoms with Crippen molar-refractivity contribution in [2.24, 2.45) is 0 Å². The van der Waals surface area contributed by atoms with Crippen LogP contribution < -0.4 is 10.9 Å². The zero-order valence-corrected chi connectivity index (χ0v) is 13.2. The van der Waals surface area contributed by atoms with Crippen molar-refractivity contribution in [1.29, 1.82) is 0 Å². The molecule has 0 bridgehead atoms. The molecule has 6 heteroatoms. The van der Waals surface area contributed by atoms with Crippen LogP contribution in [0, 0.1) is 0 Å². The predicted octanol–water partition coefficient (Wildman–Crippen LogP) is 3.20. The molecule has 0 unspecified atom stereocenters. The number of aryl methyl sites for hydroxylation is 2. The summed E-state index contributed by atoms with van der Waals surface area (Å²) in [5.74, 6) is 0.928. The molecule has 0 aromatic carbocycles. The minimum absolute atomic E-state index is 0.00414. The lowest BCUT2D eigenvalue weighted by Crippen LogP contribution is -2.17. The van der Waals surface area contributed by atoms with E-state index in [4.69, 9.17) is 11.6 Å². The summed E-state index contributed by atoms with van der Waals surface area (Å²) in [6, 6.07) is 3.34. The number of hydrogen-bond donors (Lipinski definition) is 2. The van der Waals surface area contributed by atoms with Crippen LogP contribution in [0.5, 0.6) is 0 Å². The third-order valence-corrected chi connectivity index (χ3v) is 3.65. The summed E-state index contributed by atoms with van der Waals surface area (Å²) < 4.78 is 1.66. The molecule has 0 saturated carbocycles. The van der Waals surface area contributed by atoms with E-state index in [2.05, 4.69) is 22.2 Å². The first kappa shape index (κ1) is 15.6. The first-order chi connectivity index (χ1) is 10.1. The molecule has 0 aliphatic heterocycles. The number of hydrogen-bond acceptors (Lipinski definition) is 3. The molecule has 0 saturated heterocycles. The Morgan fingerprint density at radius 3 is 2.90 bits per heavy atom. The second kappa shape index (κ2) is 7.31. The van der Waals surface area contributed by atoms with E-state index in [9.17, 15) is 4.79 Å². The van der Waals surface area contributed by atoms with Crippen LogP contribution >= 0.6 is 11.6 Å². The Morgan fingerprint density at radius 2 is 2.19 bits per heavy atom. The zero-order valence-electron chi connectivity index (χ0n) is 12.4. The molecule has 2 aromatic heterocycles. The molecule has 2 rings (SSSR count). The molecule has 2 N–H and O–H groups in total. The van der Waals surface area contributed by atoms with E-state index in [0.29, 0.717) is 18.2 Å². The summed E-state index contributed by atoms with van der Waals surface area (Å²) in [6.45, 7) is 5.30. The second-order valence-corrected chi connectivity index (χ2v) is 5.31.